The van der Waals surface area contributed by atoms with Gasteiger partial charge in [0, 0.05) is 0 Å². The minimum absolute atomic E-state index is 0.0628. The van der Waals surface area contributed by atoms with E-state index in [2.05, 4.69) is 14.8 Å². The molecule has 9 nitrogen and oxygen atoms in total. The first kappa shape index (κ1) is 22.9. The average Bonchev–Trinajstić information content (AvgIpc) is 2.73. The molecule has 0 heterocycles. The van der Waals surface area contributed by atoms with E-state index in [1.54, 1.807) is 0 Å². The second-order valence-electron chi connectivity index (χ2n) is 5.97. The summed E-state index contributed by atoms with van der Waals surface area (Å²) in [5.74, 6) is -2.51. The number of ether oxygens (including phenoxy) is 4. The summed E-state index contributed by atoms with van der Waals surface area (Å²) in [6.07, 6.45) is 0.657. The molecule has 1 rings (SSSR count). The normalized spacial score (nSPS) is 12.3. The van der Waals surface area contributed by atoms with E-state index in [0.717, 1.165) is 0 Å². The van der Waals surface area contributed by atoms with Crippen molar-refractivity contribution >= 4 is 23.8 Å². The Labute approximate surface area is 163 Å². The number of carbonyl (C=O) groups excluding carboxylic acids is 4. The Morgan fingerprint density at radius 1 is 0.929 bits per heavy atom. The Kier molecular flexibility index (Phi) is 8.94. The quantitative estimate of drug-likeness (QED) is 0.492. The number of amides is 1. The third-order valence-corrected chi connectivity index (χ3v) is 4.10. The zero-order valence-corrected chi connectivity index (χ0v) is 16.6. The van der Waals surface area contributed by atoms with E-state index >= 15 is 0 Å². The molecule has 0 spiro atoms. The highest BCUT2D eigenvalue weighted by atomic mass is 16.5. The molecule has 1 aromatic rings. The number of carbonyl (C=O) groups is 4. The van der Waals surface area contributed by atoms with Crippen molar-refractivity contribution in [1.29, 1.82) is 0 Å². The summed E-state index contributed by atoms with van der Waals surface area (Å²) in [4.78, 5) is 47.6. The highest BCUT2D eigenvalue weighted by Gasteiger charge is 2.26. The second-order valence-corrected chi connectivity index (χ2v) is 5.97. The maximum absolute atomic E-state index is 12.2. The van der Waals surface area contributed by atoms with Crippen LogP contribution in [0.15, 0.2) is 18.2 Å². The van der Waals surface area contributed by atoms with Crippen LogP contribution in [0.3, 0.4) is 0 Å². The van der Waals surface area contributed by atoms with Crippen molar-refractivity contribution in [2.24, 2.45) is 5.92 Å². The van der Waals surface area contributed by atoms with E-state index in [4.69, 9.17) is 9.47 Å². The van der Waals surface area contributed by atoms with Crippen LogP contribution in [0, 0.1) is 5.92 Å². The van der Waals surface area contributed by atoms with Gasteiger partial charge >= 0.3 is 17.9 Å². The van der Waals surface area contributed by atoms with Crippen LogP contribution >= 0.6 is 0 Å². The minimum atomic E-state index is -0.807. The van der Waals surface area contributed by atoms with Gasteiger partial charge in [0.1, 0.15) is 11.8 Å². The summed E-state index contributed by atoms with van der Waals surface area (Å²) in [5, 5.41) is 2.56. The molecule has 1 aromatic carbocycles. The molecule has 0 aromatic heterocycles. The number of hydrogen-bond donors (Lipinski definition) is 1. The summed E-state index contributed by atoms with van der Waals surface area (Å²) < 4.78 is 19.4. The number of esters is 3. The van der Waals surface area contributed by atoms with Crippen LogP contribution in [0.1, 0.15) is 41.0 Å². The maximum Gasteiger partial charge on any atom is 0.338 e. The standard InChI is InChI=1S/C19H25NO8/c1-6-11(2)16(19(24)27-5)20-15(21)10-28-14-8-12(17(22)25-3)7-13(9-14)18(23)26-4/h7-9,11,16H,6,10H2,1-5H3,(H,20,21)/t11-,16+/m0/s1. The first-order valence-electron chi connectivity index (χ1n) is 8.59. The smallest absolute Gasteiger partial charge is 0.338 e. The van der Waals surface area contributed by atoms with Gasteiger partial charge < -0.3 is 24.3 Å². The summed E-state index contributed by atoms with van der Waals surface area (Å²) in [7, 11) is 3.64. The number of nitrogens with one attached hydrogen (secondary N) is 1. The van der Waals surface area contributed by atoms with Gasteiger partial charge in [-0.2, -0.15) is 0 Å². The summed E-state index contributed by atoms with van der Waals surface area (Å²) in [5.41, 5.74) is 0.126. The molecule has 0 saturated heterocycles. The molecule has 0 fully saturated rings. The fourth-order valence-corrected chi connectivity index (χ4v) is 2.31. The van der Waals surface area contributed by atoms with Crippen LogP contribution < -0.4 is 10.1 Å². The Morgan fingerprint density at radius 3 is 1.89 bits per heavy atom. The Bertz CT molecular complexity index is 696. The van der Waals surface area contributed by atoms with Crippen LogP contribution in [-0.4, -0.2) is 57.8 Å². The van der Waals surface area contributed by atoms with Crippen molar-refractivity contribution in [3.05, 3.63) is 29.3 Å². The van der Waals surface area contributed by atoms with E-state index in [0.29, 0.717) is 6.42 Å². The minimum Gasteiger partial charge on any atom is -0.484 e. The molecule has 1 N–H and O–H groups in total. The monoisotopic (exact) mass is 395 g/mol. The lowest BCUT2D eigenvalue weighted by molar-refractivity contribution is -0.146. The van der Waals surface area contributed by atoms with Crippen LogP contribution in [0.5, 0.6) is 5.75 Å². The molecule has 2 atom stereocenters. The van der Waals surface area contributed by atoms with Crippen LogP contribution in [0.25, 0.3) is 0 Å². The van der Waals surface area contributed by atoms with E-state index in [1.807, 2.05) is 13.8 Å². The van der Waals surface area contributed by atoms with E-state index < -0.39 is 36.5 Å². The molecule has 154 valence electrons. The Morgan fingerprint density at radius 2 is 1.46 bits per heavy atom. The largest absolute Gasteiger partial charge is 0.484 e. The molecule has 0 radical (unpaired) electrons. The topological polar surface area (TPSA) is 117 Å². The molecule has 0 saturated carbocycles. The molecular weight excluding hydrogens is 370 g/mol. The van der Waals surface area contributed by atoms with E-state index in [1.165, 1.54) is 39.5 Å². The second kappa shape index (κ2) is 10.9. The SMILES string of the molecule is CC[C@H](C)[C@@H](NC(=O)COc1cc(C(=O)OC)cc(C(=O)OC)c1)C(=O)OC. The van der Waals surface area contributed by atoms with Gasteiger partial charge in [0.2, 0.25) is 0 Å². The highest BCUT2D eigenvalue weighted by molar-refractivity contribution is 5.96. The van der Waals surface area contributed by atoms with Crippen LogP contribution in [-0.2, 0) is 23.8 Å². The van der Waals surface area contributed by atoms with Gasteiger partial charge in [-0.05, 0) is 24.1 Å². The summed E-state index contributed by atoms with van der Waals surface area (Å²) in [6.45, 7) is 3.26. The molecule has 0 aliphatic rings. The third kappa shape index (κ3) is 6.26. The predicted octanol–water partition coefficient (Wildman–Crippen LogP) is 1.34. The van der Waals surface area contributed by atoms with Crippen molar-refractivity contribution < 1.29 is 38.1 Å². The Hall–Kier alpha value is -3.10. The zero-order chi connectivity index (χ0) is 21.3. The molecule has 0 aliphatic carbocycles. The van der Waals surface area contributed by atoms with Crippen molar-refractivity contribution in [3.63, 3.8) is 0 Å². The first-order chi connectivity index (χ1) is 13.3. The number of hydrogen-bond acceptors (Lipinski definition) is 8. The zero-order valence-electron chi connectivity index (χ0n) is 16.6. The van der Waals surface area contributed by atoms with Gasteiger partial charge in [0.25, 0.3) is 5.91 Å². The lowest BCUT2D eigenvalue weighted by Crippen LogP contribution is -2.47. The molecular formula is C19H25NO8. The molecule has 1 amide bonds. The van der Waals surface area contributed by atoms with Crippen molar-refractivity contribution in [2.75, 3.05) is 27.9 Å². The van der Waals surface area contributed by atoms with Gasteiger partial charge in [-0.25, -0.2) is 14.4 Å². The molecule has 0 unspecified atom stereocenters. The number of benzene rings is 1. The van der Waals surface area contributed by atoms with Crippen molar-refractivity contribution in [1.82, 2.24) is 5.32 Å². The van der Waals surface area contributed by atoms with Gasteiger partial charge in [0.15, 0.2) is 6.61 Å². The lowest BCUT2D eigenvalue weighted by Gasteiger charge is -2.21. The van der Waals surface area contributed by atoms with E-state index in [-0.39, 0.29) is 22.8 Å². The fraction of sp³-hybridized carbons (Fsp3) is 0.474. The number of rotatable bonds is 9. The maximum atomic E-state index is 12.2. The molecule has 28 heavy (non-hydrogen) atoms. The Balaban J connectivity index is 2.92. The molecule has 0 bridgehead atoms. The number of methoxy groups -OCH3 is 3. The molecule has 0 aliphatic heterocycles. The van der Waals surface area contributed by atoms with Crippen molar-refractivity contribution in [2.45, 2.75) is 26.3 Å². The average molecular weight is 395 g/mol. The van der Waals surface area contributed by atoms with Gasteiger partial charge in [-0.3, -0.25) is 4.79 Å². The van der Waals surface area contributed by atoms with Gasteiger partial charge in [-0.15, -0.1) is 0 Å². The molecule has 9 heteroatoms. The van der Waals surface area contributed by atoms with Crippen LogP contribution in [0.4, 0.5) is 0 Å². The van der Waals surface area contributed by atoms with Gasteiger partial charge in [-0.1, -0.05) is 20.3 Å². The predicted molar refractivity (Wildman–Crippen MR) is 98.0 cm³/mol. The van der Waals surface area contributed by atoms with Crippen molar-refractivity contribution in [3.8, 4) is 5.75 Å². The highest BCUT2D eigenvalue weighted by Crippen LogP contribution is 2.19. The van der Waals surface area contributed by atoms with Crippen LogP contribution in [0.2, 0.25) is 0 Å². The van der Waals surface area contributed by atoms with Gasteiger partial charge in [0.05, 0.1) is 32.5 Å². The lowest BCUT2D eigenvalue weighted by atomic mass is 9.99. The third-order valence-electron chi connectivity index (χ3n) is 4.10. The first-order valence-corrected chi connectivity index (χ1v) is 8.59. The summed E-state index contributed by atoms with van der Waals surface area (Å²) >= 11 is 0. The van der Waals surface area contributed by atoms with E-state index in [9.17, 15) is 19.2 Å². The summed E-state index contributed by atoms with van der Waals surface area (Å²) in [6, 6.07) is 3.15. The fourth-order valence-electron chi connectivity index (χ4n) is 2.31.